The Bertz CT molecular complexity index is 187. The highest BCUT2D eigenvalue weighted by Gasteiger charge is 2.01. The highest BCUT2D eigenvalue weighted by molar-refractivity contribution is 7.79. The first-order chi connectivity index (χ1) is 4.24. The Labute approximate surface area is 59.7 Å². The van der Waals surface area contributed by atoms with Crippen LogP contribution >= 0.6 is 12.6 Å². The molecule has 0 aliphatic carbocycles. The van der Waals surface area contributed by atoms with Crippen LogP contribution in [0.15, 0.2) is 4.42 Å². The number of nitrogens with zero attached hydrogens (tertiary/aromatic N) is 1. The molecule has 0 N–H and O–H groups in total. The minimum Gasteiger partial charge on any atom is -0.445 e. The van der Waals surface area contributed by atoms with E-state index >= 15 is 0 Å². The molecule has 0 fully saturated rings. The van der Waals surface area contributed by atoms with Crippen molar-refractivity contribution < 1.29 is 4.42 Å². The van der Waals surface area contributed by atoms with Crippen LogP contribution in [0.3, 0.4) is 0 Å². The van der Waals surface area contributed by atoms with Gasteiger partial charge in [0.05, 0.1) is 11.4 Å². The van der Waals surface area contributed by atoms with E-state index in [0.29, 0.717) is 11.6 Å². The van der Waals surface area contributed by atoms with E-state index < -0.39 is 0 Å². The third-order valence-electron chi connectivity index (χ3n) is 1.21. The molecule has 9 heavy (non-hydrogen) atoms. The molecular weight excluding hydrogens is 134 g/mol. The summed E-state index contributed by atoms with van der Waals surface area (Å²) in [6, 6.07) is 0. The van der Waals surface area contributed by atoms with E-state index in [1.54, 1.807) is 0 Å². The minimum atomic E-state index is 0.578. The van der Waals surface area contributed by atoms with E-state index in [-0.39, 0.29) is 0 Å². The molecule has 0 saturated heterocycles. The number of thiol groups is 1. The van der Waals surface area contributed by atoms with Gasteiger partial charge in [0.15, 0.2) is 0 Å². The van der Waals surface area contributed by atoms with Crippen LogP contribution in [0.1, 0.15) is 17.3 Å². The summed E-state index contributed by atoms with van der Waals surface area (Å²) in [7, 11) is 0. The largest absolute Gasteiger partial charge is 0.445 e. The summed E-state index contributed by atoms with van der Waals surface area (Å²) in [4.78, 5) is 4.09. The van der Waals surface area contributed by atoms with Crippen LogP contribution in [0.5, 0.6) is 0 Å². The number of aryl methyl sites for hydroxylation is 2. The van der Waals surface area contributed by atoms with E-state index in [2.05, 4.69) is 17.6 Å². The van der Waals surface area contributed by atoms with Gasteiger partial charge in [0, 0.05) is 0 Å². The Morgan fingerprint density at radius 3 is 2.44 bits per heavy atom. The van der Waals surface area contributed by atoms with Crippen molar-refractivity contribution in [2.75, 3.05) is 0 Å². The second kappa shape index (κ2) is 2.43. The van der Waals surface area contributed by atoms with Crippen molar-refractivity contribution in [3.05, 3.63) is 17.3 Å². The molecule has 0 bridgehead atoms. The molecule has 0 aliphatic heterocycles. The lowest BCUT2D eigenvalue weighted by Crippen LogP contribution is -1.75. The Morgan fingerprint density at radius 2 is 2.22 bits per heavy atom. The number of hydrogen-bond acceptors (Lipinski definition) is 3. The average Bonchev–Trinajstić information content (AvgIpc) is 2.13. The predicted molar refractivity (Wildman–Crippen MR) is 38.7 cm³/mol. The zero-order valence-corrected chi connectivity index (χ0v) is 6.40. The summed E-state index contributed by atoms with van der Waals surface area (Å²) in [5.74, 6) is 2.17. The first-order valence-electron chi connectivity index (χ1n) is 2.78. The summed E-state index contributed by atoms with van der Waals surface area (Å²) >= 11 is 4.01. The Balaban J connectivity index is 2.98. The lowest BCUT2D eigenvalue weighted by molar-refractivity contribution is 0.490. The molecule has 0 atom stereocenters. The van der Waals surface area contributed by atoms with Crippen LogP contribution in [0.25, 0.3) is 0 Å². The van der Waals surface area contributed by atoms with E-state index in [1.165, 1.54) is 0 Å². The molecule has 0 unspecified atom stereocenters. The van der Waals surface area contributed by atoms with E-state index in [4.69, 9.17) is 4.42 Å². The van der Waals surface area contributed by atoms with Crippen molar-refractivity contribution in [3.63, 3.8) is 0 Å². The van der Waals surface area contributed by atoms with Crippen molar-refractivity contribution in [2.45, 2.75) is 19.6 Å². The summed E-state index contributed by atoms with van der Waals surface area (Å²) < 4.78 is 5.18. The van der Waals surface area contributed by atoms with Gasteiger partial charge >= 0.3 is 0 Å². The van der Waals surface area contributed by atoms with E-state index in [0.717, 1.165) is 11.5 Å². The topological polar surface area (TPSA) is 26.0 Å². The van der Waals surface area contributed by atoms with Crippen molar-refractivity contribution in [1.82, 2.24) is 4.98 Å². The van der Waals surface area contributed by atoms with Crippen LogP contribution in [-0.4, -0.2) is 4.98 Å². The lowest BCUT2D eigenvalue weighted by atomic mass is 10.4. The highest BCUT2D eigenvalue weighted by atomic mass is 32.1. The summed E-state index contributed by atoms with van der Waals surface area (Å²) in [6.07, 6.45) is 0. The van der Waals surface area contributed by atoms with Gasteiger partial charge in [-0.3, -0.25) is 0 Å². The average molecular weight is 143 g/mol. The second-order valence-corrected chi connectivity index (χ2v) is 2.22. The molecule has 1 aromatic heterocycles. The number of rotatable bonds is 1. The molecule has 0 aromatic carbocycles. The molecule has 0 spiro atoms. The quantitative estimate of drug-likeness (QED) is 0.606. The van der Waals surface area contributed by atoms with Crippen molar-refractivity contribution in [3.8, 4) is 0 Å². The summed E-state index contributed by atoms with van der Waals surface area (Å²) in [5, 5.41) is 0. The monoisotopic (exact) mass is 143 g/mol. The fourth-order valence-electron chi connectivity index (χ4n) is 0.607. The first-order valence-corrected chi connectivity index (χ1v) is 3.41. The van der Waals surface area contributed by atoms with Crippen molar-refractivity contribution in [1.29, 1.82) is 0 Å². The van der Waals surface area contributed by atoms with Gasteiger partial charge in [-0.15, -0.1) is 0 Å². The Kier molecular flexibility index (Phi) is 1.81. The molecule has 0 amide bonds. The Hall–Kier alpha value is -0.440. The first kappa shape index (κ1) is 6.68. The predicted octanol–water partition coefficient (Wildman–Crippen LogP) is 1.72. The minimum absolute atomic E-state index is 0.578. The van der Waals surface area contributed by atoms with Crippen molar-refractivity contribution >= 4 is 12.6 Å². The zero-order valence-electron chi connectivity index (χ0n) is 5.51. The highest BCUT2D eigenvalue weighted by Crippen LogP contribution is 2.09. The standard InChI is InChI=1S/C6H9NOS/c1-4-5(2)8-6(3-9)7-4/h9H,3H2,1-2H3. The molecule has 0 saturated carbocycles. The normalized spacial score (nSPS) is 10.1. The second-order valence-electron chi connectivity index (χ2n) is 1.91. The van der Waals surface area contributed by atoms with Crippen LogP contribution in [0, 0.1) is 13.8 Å². The maximum atomic E-state index is 5.18. The van der Waals surface area contributed by atoms with Crippen LogP contribution in [-0.2, 0) is 5.75 Å². The van der Waals surface area contributed by atoms with Gasteiger partial charge in [0.2, 0.25) is 5.89 Å². The third kappa shape index (κ3) is 1.27. The van der Waals surface area contributed by atoms with E-state index in [9.17, 15) is 0 Å². The van der Waals surface area contributed by atoms with Gasteiger partial charge in [-0.05, 0) is 13.8 Å². The van der Waals surface area contributed by atoms with Gasteiger partial charge in [0.25, 0.3) is 0 Å². The smallest absolute Gasteiger partial charge is 0.204 e. The summed E-state index contributed by atoms with van der Waals surface area (Å²) in [6.45, 7) is 3.82. The molecule has 50 valence electrons. The molecule has 2 nitrogen and oxygen atoms in total. The molecule has 0 aliphatic rings. The van der Waals surface area contributed by atoms with Crippen LogP contribution < -0.4 is 0 Å². The molecule has 3 heteroatoms. The maximum Gasteiger partial charge on any atom is 0.204 e. The fraction of sp³-hybridized carbons (Fsp3) is 0.500. The van der Waals surface area contributed by atoms with Gasteiger partial charge in [-0.2, -0.15) is 12.6 Å². The van der Waals surface area contributed by atoms with Crippen LogP contribution in [0.2, 0.25) is 0 Å². The SMILES string of the molecule is Cc1nc(CS)oc1C. The van der Waals surface area contributed by atoms with Crippen molar-refractivity contribution in [2.24, 2.45) is 0 Å². The number of aromatic nitrogens is 1. The molecule has 1 heterocycles. The fourth-order valence-corrected chi connectivity index (χ4v) is 0.742. The molecule has 0 radical (unpaired) electrons. The van der Waals surface area contributed by atoms with Gasteiger partial charge < -0.3 is 4.42 Å². The maximum absolute atomic E-state index is 5.18. The van der Waals surface area contributed by atoms with Crippen LogP contribution in [0.4, 0.5) is 0 Å². The molecule has 1 rings (SSSR count). The van der Waals surface area contributed by atoms with Gasteiger partial charge in [0.1, 0.15) is 5.76 Å². The van der Waals surface area contributed by atoms with Gasteiger partial charge in [-0.25, -0.2) is 4.98 Å². The Morgan fingerprint density at radius 1 is 1.56 bits per heavy atom. The molecular formula is C6H9NOS. The van der Waals surface area contributed by atoms with E-state index in [1.807, 2.05) is 13.8 Å². The lowest BCUT2D eigenvalue weighted by Gasteiger charge is -1.80. The number of oxazole rings is 1. The van der Waals surface area contributed by atoms with Gasteiger partial charge in [-0.1, -0.05) is 0 Å². The third-order valence-corrected chi connectivity index (χ3v) is 1.48. The zero-order chi connectivity index (χ0) is 6.85. The number of hydrogen-bond donors (Lipinski definition) is 1. The molecule has 1 aromatic rings. The summed E-state index contributed by atoms with van der Waals surface area (Å²) in [5.41, 5.74) is 0.957.